The molecule has 2 amide bonds. The van der Waals surface area contributed by atoms with Gasteiger partial charge in [0.05, 0.1) is 20.8 Å². The molecule has 2 aromatic carbocycles. The van der Waals surface area contributed by atoms with Gasteiger partial charge in [0.25, 0.3) is 11.8 Å². The molecule has 0 radical (unpaired) electrons. The molecule has 168 valence electrons. The van der Waals surface area contributed by atoms with E-state index in [0.717, 1.165) is 17.4 Å². The average molecular weight is 476 g/mol. The number of amides is 2. The lowest BCUT2D eigenvalue weighted by Gasteiger charge is -2.25. The fourth-order valence-electron chi connectivity index (χ4n) is 3.08. The molecule has 0 aliphatic heterocycles. The summed E-state index contributed by atoms with van der Waals surface area (Å²) in [7, 11) is -2.25. The molecule has 3 rings (SSSR count). The summed E-state index contributed by atoms with van der Waals surface area (Å²) in [4.78, 5) is 27.4. The second kappa shape index (κ2) is 9.19. The van der Waals surface area contributed by atoms with Gasteiger partial charge in [0.1, 0.15) is 5.82 Å². The molecular weight excluding hydrogens is 453 g/mol. The molecule has 0 spiro atoms. The molecule has 0 aliphatic carbocycles. The Morgan fingerprint density at radius 3 is 2.47 bits per heavy atom. The third kappa shape index (κ3) is 5.21. The number of carbonyl (C=O) groups is 2. The molecule has 0 aliphatic rings. The number of rotatable bonds is 6. The first-order valence-electron chi connectivity index (χ1n) is 9.54. The minimum absolute atomic E-state index is 0.0302. The maximum atomic E-state index is 13.4. The van der Waals surface area contributed by atoms with Crippen molar-refractivity contribution in [3.63, 3.8) is 0 Å². The summed E-state index contributed by atoms with van der Waals surface area (Å²) < 4.78 is 36.6. The van der Waals surface area contributed by atoms with Gasteiger partial charge in [-0.25, -0.2) is 17.9 Å². The monoisotopic (exact) mass is 475 g/mol. The van der Waals surface area contributed by atoms with Crippen molar-refractivity contribution in [2.24, 2.45) is 5.14 Å². The Balaban J connectivity index is 1.79. The topological polar surface area (TPSA) is 110 Å². The van der Waals surface area contributed by atoms with Crippen molar-refractivity contribution < 1.29 is 22.4 Å². The van der Waals surface area contributed by atoms with Crippen molar-refractivity contribution in [2.45, 2.75) is 24.8 Å². The van der Waals surface area contributed by atoms with E-state index >= 15 is 0 Å². The van der Waals surface area contributed by atoms with Crippen molar-refractivity contribution in [3.05, 3.63) is 82.0 Å². The molecule has 10 heteroatoms. The standard InChI is InChI=1S/C22H22FN3O4S2/c1-13-10-19(25-21(27)16-7-4-8-17(23)11-16)31-20(13)22(28)26(3)14(2)15-6-5-9-18(12-15)32(24,29)30/h4-12,14H,1-3H3,(H,25,27)(H2,24,29,30). The van der Waals surface area contributed by atoms with Crippen LogP contribution in [0, 0.1) is 12.7 Å². The number of carbonyl (C=O) groups excluding carboxylic acids is 2. The Morgan fingerprint density at radius 2 is 1.81 bits per heavy atom. The normalized spacial score (nSPS) is 12.3. The van der Waals surface area contributed by atoms with Crippen molar-refractivity contribution >= 4 is 38.2 Å². The Labute approximate surface area is 189 Å². The maximum absolute atomic E-state index is 13.4. The third-order valence-corrected chi connectivity index (χ3v) is 7.06. The summed E-state index contributed by atoms with van der Waals surface area (Å²) in [5.41, 5.74) is 1.46. The number of nitrogens with two attached hydrogens (primary N) is 1. The number of hydrogen-bond acceptors (Lipinski definition) is 5. The Kier molecular flexibility index (Phi) is 6.77. The molecule has 32 heavy (non-hydrogen) atoms. The number of aryl methyl sites for hydroxylation is 1. The van der Waals surface area contributed by atoms with Crippen LogP contribution in [0.4, 0.5) is 9.39 Å². The van der Waals surface area contributed by atoms with Crippen LogP contribution >= 0.6 is 11.3 Å². The number of nitrogens with one attached hydrogen (secondary N) is 1. The number of hydrogen-bond donors (Lipinski definition) is 2. The van der Waals surface area contributed by atoms with Gasteiger partial charge in [-0.2, -0.15) is 0 Å². The van der Waals surface area contributed by atoms with Crippen molar-refractivity contribution in [3.8, 4) is 0 Å². The fraction of sp³-hybridized carbons (Fsp3) is 0.182. The molecule has 1 heterocycles. The zero-order chi connectivity index (χ0) is 23.6. The van der Waals surface area contributed by atoms with Crippen LogP contribution in [0.5, 0.6) is 0 Å². The van der Waals surface area contributed by atoms with Gasteiger partial charge in [0.2, 0.25) is 10.0 Å². The molecule has 1 atom stereocenters. The first-order chi connectivity index (χ1) is 15.0. The lowest BCUT2D eigenvalue weighted by Crippen LogP contribution is -2.29. The minimum atomic E-state index is -3.86. The zero-order valence-corrected chi connectivity index (χ0v) is 19.3. The fourth-order valence-corrected chi connectivity index (χ4v) is 4.70. The maximum Gasteiger partial charge on any atom is 0.264 e. The number of primary sulfonamides is 1. The molecule has 0 bridgehead atoms. The Bertz CT molecular complexity index is 1290. The van der Waals surface area contributed by atoms with E-state index in [9.17, 15) is 22.4 Å². The van der Waals surface area contributed by atoms with Gasteiger partial charge in [-0.05, 0) is 61.4 Å². The van der Waals surface area contributed by atoms with Crippen LogP contribution in [0.2, 0.25) is 0 Å². The van der Waals surface area contributed by atoms with E-state index in [-0.39, 0.29) is 16.4 Å². The van der Waals surface area contributed by atoms with E-state index in [1.165, 1.54) is 35.2 Å². The van der Waals surface area contributed by atoms with E-state index in [0.29, 0.717) is 21.0 Å². The van der Waals surface area contributed by atoms with Gasteiger partial charge in [-0.1, -0.05) is 18.2 Å². The summed E-state index contributed by atoms with van der Waals surface area (Å²) in [6.45, 7) is 3.53. The highest BCUT2D eigenvalue weighted by molar-refractivity contribution is 7.89. The van der Waals surface area contributed by atoms with Crippen LogP contribution in [0.1, 0.15) is 44.1 Å². The van der Waals surface area contributed by atoms with Crippen molar-refractivity contribution in [1.29, 1.82) is 0 Å². The quantitative estimate of drug-likeness (QED) is 0.563. The molecule has 0 fully saturated rings. The zero-order valence-electron chi connectivity index (χ0n) is 17.6. The number of nitrogens with zero attached hydrogens (tertiary/aromatic N) is 1. The first-order valence-corrected chi connectivity index (χ1v) is 11.9. The second-order valence-corrected chi connectivity index (χ2v) is 9.91. The second-order valence-electron chi connectivity index (χ2n) is 7.30. The summed E-state index contributed by atoms with van der Waals surface area (Å²) in [5, 5.41) is 8.35. The largest absolute Gasteiger partial charge is 0.334 e. The lowest BCUT2D eigenvalue weighted by molar-refractivity contribution is 0.0746. The van der Waals surface area contributed by atoms with Crippen LogP contribution in [0.15, 0.2) is 59.5 Å². The highest BCUT2D eigenvalue weighted by atomic mass is 32.2. The number of anilines is 1. The van der Waals surface area contributed by atoms with E-state index in [1.54, 1.807) is 39.1 Å². The molecule has 7 nitrogen and oxygen atoms in total. The molecule has 3 N–H and O–H groups in total. The van der Waals surface area contributed by atoms with Gasteiger partial charge < -0.3 is 10.2 Å². The number of benzene rings is 2. The van der Waals surface area contributed by atoms with Gasteiger partial charge in [-0.15, -0.1) is 11.3 Å². The van der Waals surface area contributed by atoms with Crippen LogP contribution < -0.4 is 10.5 Å². The summed E-state index contributed by atoms with van der Waals surface area (Å²) in [6.07, 6.45) is 0. The predicted octanol–water partition coefficient (Wildman–Crippen LogP) is 3.93. The van der Waals surface area contributed by atoms with Gasteiger partial charge in [0, 0.05) is 12.6 Å². The summed E-state index contributed by atoms with van der Waals surface area (Å²) >= 11 is 1.11. The first kappa shape index (κ1) is 23.6. The number of halogens is 1. The lowest BCUT2D eigenvalue weighted by atomic mass is 10.1. The van der Waals surface area contributed by atoms with Crippen LogP contribution in [0.25, 0.3) is 0 Å². The number of sulfonamides is 1. The number of thiophene rings is 1. The van der Waals surface area contributed by atoms with Crippen LogP contribution in [-0.4, -0.2) is 32.2 Å². The Morgan fingerprint density at radius 1 is 1.12 bits per heavy atom. The SMILES string of the molecule is Cc1cc(NC(=O)c2cccc(F)c2)sc1C(=O)N(C)C(C)c1cccc(S(N)(=O)=O)c1. The molecule has 3 aromatic rings. The molecule has 0 saturated carbocycles. The summed E-state index contributed by atoms with van der Waals surface area (Å²) in [6, 6.07) is 12.7. The summed E-state index contributed by atoms with van der Waals surface area (Å²) in [5.74, 6) is -1.28. The van der Waals surface area contributed by atoms with Crippen molar-refractivity contribution in [2.75, 3.05) is 12.4 Å². The van der Waals surface area contributed by atoms with Crippen molar-refractivity contribution in [1.82, 2.24) is 4.90 Å². The minimum Gasteiger partial charge on any atom is -0.334 e. The predicted molar refractivity (Wildman–Crippen MR) is 122 cm³/mol. The van der Waals surface area contributed by atoms with E-state index < -0.39 is 27.8 Å². The highest BCUT2D eigenvalue weighted by Crippen LogP contribution is 2.31. The van der Waals surface area contributed by atoms with E-state index in [1.807, 2.05) is 0 Å². The van der Waals surface area contributed by atoms with Crippen LogP contribution in [-0.2, 0) is 10.0 Å². The van der Waals surface area contributed by atoms with E-state index in [2.05, 4.69) is 5.32 Å². The third-order valence-electron chi connectivity index (χ3n) is 5.01. The molecule has 0 saturated heterocycles. The Hall–Kier alpha value is -3.08. The van der Waals surface area contributed by atoms with E-state index in [4.69, 9.17) is 5.14 Å². The smallest absolute Gasteiger partial charge is 0.264 e. The molecule has 1 unspecified atom stereocenters. The van der Waals surface area contributed by atoms with Gasteiger partial charge >= 0.3 is 0 Å². The van der Waals surface area contributed by atoms with Gasteiger partial charge in [0.15, 0.2) is 0 Å². The molecule has 1 aromatic heterocycles. The highest BCUT2D eigenvalue weighted by Gasteiger charge is 2.24. The molecular formula is C22H22FN3O4S2. The average Bonchev–Trinajstić information content (AvgIpc) is 3.11. The van der Waals surface area contributed by atoms with Crippen LogP contribution in [0.3, 0.4) is 0 Å². The van der Waals surface area contributed by atoms with Gasteiger partial charge in [-0.3, -0.25) is 9.59 Å².